The van der Waals surface area contributed by atoms with Gasteiger partial charge < -0.3 is 5.73 Å². The molecule has 5 heteroatoms. The van der Waals surface area contributed by atoms with Gasteiger partial charge in [0.15, 0.2) is 0 Å². The summed E-state index contributed by atoms with van der Waals surface area (Å²) in [6, 6.07) is 9.26. The highest BCUT2D eigenvalue weighted by Crippen LogP contribution is 2.12. The molecule has 15 heavy (non-hydrogen) atoms. The lowest BCUT2D eigenvalue weighted by Gasteiger charge is -2.06. The van der Waals surface area contributed by atoms with Gasteiger partial charge in [-0.2, -0.15) is 5.10 Å². The van der Waals surface area contributed by atoms with Gasteiger partial charge in [-0.25, -0.2) is 4.68 Å². The van der Waals surface area contributed by atoms with E-state index < -0.39 is 0 Å². The van der Waals surface area contributed by atoms with E-state index in [1.807, 2.05) is 30.5 Å². The first-order chi connectivity index (χ1) is 6.79. The highest BCUT2D eigenvalue weighted by Gasteiger charge is 2.05. The van der Waals surface area contributed by atoms with Gasteiger partial charge in [0.25, 0.3) is 0 Å². The van der Waals surface area contributed by atoms with E-state index in [-0.39, 0.29) is 18.2 Å². The van der Waals surface area contributed by atoms with Crippen molar-refractivity contribution in [2.24, 2.45) is 5.73 Å². The third kappa shape index (κ3) is 2.16. The summed E-state index contributed by atoms with van der Waals surface area (Å²) in [7, 11) is 0. The second kappa shape index (κ2) is 4.61. The number of nitrogens with zero attached hydrogens (tertiary/aromatic N) is 2. The van der Waals surface area contributed by atoms with Crippen LogP contribution < -0.4 is 5.73 Å². The SMILES string of the molecule is Cl.N=C(N)c1ccccc1-n1cccn1. The maximum Gasteiger partial charge on any atom is 0.124 e. The molecule has 0 unspecified atom stereocenters. The third-order valence-corrected chi connectivity index (χ3v) is 1.95. The lowest BCUT2D eigenvalue weighted by Crippen LogP contribution is -2.14. The van der Waals surface area contributed by atoms with Crippen molar-refractivity contribution in [3.8, 4) is 5.69 Å². The Morgan fingerprint density at radius 1 is 1.27 bits per heavy atom. The van der Waals surface area contributed by atoms with E-state index in [1.54, 1.807) is 16.9 Å². The van der Waals surface area contributed by atoms with Crippen LogP contribution in [0.1, 0.15) is 5.56 Å². The molecule has 0 bridgehead atoms. The van der Waals surface area contributed by atoms with Crippen molar-refractivity contribution in [2.45, 2.75) is 0 Å². The molecule has 0 radical (unpaired) electrons. The minimum Gasteiger partial charge on any atom is -0.384 e. The molecule has 2 aromatic rings. The molecule has 1 aromatic heterocycles. The molecule has 0 aliphatic rings. The van der Waals surface area contributed by atoms with Gasteiger partial charge in [-0.05, 0) is 18.2 Å². The van der Waals surface area contributed by atoms with Gasteiger partial charge in [0.1, 0.15) is 5.84 Å². The summed E-state index contributed by atoms with van der Waals surface area (Å²) >= 11 is 0. The Morgan fingerprint density at radius 2 is 2.00 bits per heavy atom. The maximum atomic E-state index is 7.42. The summed E-state index contributed by atoms with van der Waals surface area (Å²) in [5.41, 5.74) is 6.98. The van der Waals surface area contributed by atoms with Gasteiger partial charge in [0.2, 0.25) is 0 Å². The summed E-state index contributed by atoms with van der Waals surface area (Å²) in [5, 5.41) is 11.5. The fourth-order valence-electron chi connectivity index (χ4n) is 1.31. The normalized spacial score (nSPS) is 9.33. The number of nitrogens with one attached hydrogen (secondary N) is 1. The number of hydrogen-bond acceptors (Lipinski definition) is 2. The molecule has 4 nitrogen and oxygen atoms in total. The van der Waals surface area contributed by atoms with Crippen LogP contribution in [-0.4, -0.2) is 15.6 Å². The van der Waals surface area contributed by atoms with E-state index in [0.717, 1.165) is 5.69 Å². The van der Waals surface area contributed by atoms with Crippen LogP contribution in [0.5, 0.6) is 0 Å². The van der Waals surface area contributed by atoms with E-state index in [4.69, 9.17) is 11.1 Å². The second-order valence-electron chi connectivity index (χ2n) is 2.88. The summed E-state index contributed by atoms with van der Waals surface area (Å²) in [5.74, 6) is 0.0519. The predicted octanol–water partition coefficient (Wildman–Crippen LogP) is 1.58. The van der Waals surface area contributed by atoms with E-state index in [2.05, 4.69) is 5.10 Å². The van der Waals surface area contributed by atoms with Crippen molar-refractivity contribution < 1.29 is 0 Å². The number of aromatic nitrogens is 2. The Hall–Kier alpha value is -1.81. The molecule has 1 aromatic carbocycles. The summed E-state index contributed by atoms with van der Waals surface area (Å²) in [4.78, 5) is 0. The molecule has 0 atom stereocenters. The van der Waals surface area contributed by atoms with Crippen LogP contribution in [0.3, 0.4) is 0 Å². The molecule has 0 saturated heterocycles. The zero-order chi connectivity index (χ0) is 9.97. The zero-order valence-corrected chi connectivity index (χ0v) is 8.74. The van der Waals surface area contributed by atoms with Gasteiger partial charge in [0.05, 0.1) is 5.69 Å². The third-order valence-electron chi connectivity index (χ3n) is 1.95. The Bertz CT molecular complexity index is 450. The Balaban J connectivity index is 0.00000112. The van der Waals surface area contributed by atoms with Crippen molar-refractivity contribution in [2.75, 3.05) is 0 Å². The minimum atomic E-state index is 0. The monoisotopic (exact) mass is 222 g/mol. The minimum absolute atomic E-state index is 0. The van der Waals surface area contributed by atoms with Crippen LogP contribution in [0.15, 0.2) is 42.7 Å². The topological polar surface area (TPSA) is 67.7 Å². The summed E-state index contributed by atoms with van der Waals surface area (Å²) < 4.78 is 1.69. The number of rotatable bonds is 2. The standard InChI is InChI=1S/C10H10N4.ClH/c11-10(12)8-4-1-2-5-9(8)14-7-3-6-13-14;/h1-7H,(H3,11,12);1H. The largest absolute Gasteiger partial charge is 0.384 e. The average Bonchev–Trinajstić information content (AvgIpc) is 2.70. The van der Waals surface area contributed by atoms with Gasteiger partial charge >= 0.3 is 0 Å². The van der Waals surface area contributed by atoms with E-state index in [1.165, 1.54) is 0 Å². The van der Waals surface area contributed by atoms with Crippen LogP contribution in [-0.2, 0) is 0 Å². The number of hydrogen-bond donors (Lipinski definition) is 2. The predicted molar refractivity (Wildman–Crippen MR) is 61.8 cm³/mol. The molecule has 1 heterocycles. The first-order valence-electron chi connectivity index (χ1n) is 4.22. The smallest absolute Gasteiger partial charge is 0.124 e. The first kappa shape index (κ1) is 11.3. The van der Waals surface area contributed by atoms with E-state index in [9.17, 15) is 0 Å². The molecular formula is C10H11ClN4. The highest BCUT2D eigenvalue weighted by molar-refractivity contribution is 5.98. The van der Waals surface area contributed by atoms with Crippen molar-refractivity contribution in [1.29, 1.82) is 5.41 Å². The number of benzene rings is 1. The van der Waals surface area contributed by atoms with Crippen molar-refractivity contribution >= 4 is 18.2 Å². The number of nitrogens with two attached hydrogens (primary N) is 1. The van der Waals surface area contributed by atoms with Gasteiger partial charge in [-0.1, -0.05) is 12.1 Å². The van der Waals surface area contributed by atoms with Crippen LogP contribution in [0.4, 0.5) is 0 Å². The molecule has 3 N–H and O–H groups in total. The maximum absolute atomic E-state index is 7.42. The number of amidine groups is 1. The lowest BCUT2D eigenvalue weighted by atomic mass is 10.1. The molecule has 2 rings (SSSR count). The lowest BCUT2D eigenvalue weighted by molar-refractivity contribution is 0.878. The van der Waals surface area contributed by atoms with Crippen molar-refractivity contribution in [3.05, 3.63) is 48.3 Å². The van der Waals surface area contributed by atoms with Gasteiger partial charge in [-0.3, -0.25) is 5.41 Å². The van der Waals surface area contributed by atoms with Crippen LogP contribution >= 0.6 is 12.4 Å². The molecule has 78 valence electrons. The van der Waals surface area contributed by atoms with Crippen molar-refractivity contribution in [3.63, 3.8) is 0 Å². The molecule has 0 aliphatic carbocycles. The number of halogens is 1. The first-order valence-corrected chi connectivity index (χ1v) is 4.22. The van der Waals surface area contributed by atoms with Gasteiger partial charge in [0, 0.05) is 18.0 Å². The Kier molecular flexibility index (Phi) is 3.46. The second-order valence-corrected chi connectivity index (χ2v) is 2.88. The van der Waals surface area contributed by atoms with Crippen LogP contribution in [0.2, 0.25) is 0 Å². The number of nitrogen functional groups attached to an aromatic ring is 1. The summed E-state index contributed by atoms with van der Waals surface area (Å²) in [6.07, 6.45) is 3.51. The fourth-order valence-corrected chi connectivity index (χ4v) is 1.31. The van der Waals surface area contributed by atoms with E-state index >= 15 is 0 Å². The quantitative estimate of drug-likeness (QED) is 0.599. The molecule has 0 amide bonds. The number of para-hydroxylation sites is 1. The van der Waals surface area contributed by atoms with Crippen LogP contribution in [0, 0.1) is 5.41 Å². The zero-order valence-electron chi connectivity index (χ0n) is 7.92. The molecule has 0 saturated carbocycles. The molecular weight excluding hydrogens is 212 g/mol. The Labute approximate surface area is 93.6 Å². The fraction of sp³-hybridized carbons (Fsp3) is 0. The molecule has 0 spiro atoms. The van der Waals surface area contributed by atoms with Crippen molar-refractivity contribution in [1.82, 2.24) is 9.78 Å². The molecule has 0 fully saturated rings. The van der Waals surface area contributed by atoms with E-state index in [0.29, 0.717) is 5.56 Å². The Morgan fingerprint density at radius 3 is 2.60 bits per heavy atom. The highest BCUT2D eigenvalue weighted by atomic mass is 35.5. The summed E-state index contributed by atoms with van der Waals surface area (Å²) in [6.45, 7) is 0. The average molecular weight is 223 g/mol. The van der Waals surface area contributed by atoms with Crippen LogP contribution in [0.25, 0.3) is 5.69 Å². The van der Waals surface area contributed by atoms with Gasteiger partial charge in [-0.15, -0.1) is 12.4 Å². The molecule has 0 aliphatic heterocycles.